The highest BCUT2D eigenvalue weighted by Gasteiger charge is 2.31. The molecule has 0 saturated carbocycles. The van der Waals surface area contributed by atoms with Gasteiger partial charge in [-0.1, -0.05) is 24.3 Å². The quantitative estimate of drug-likeness (QED) is 0.212. The normalized spacial score (nSPS) is 11.8. The first-order valence-electron chi connectivity index (χ1n) is 10.3. The predicted octanol–water partition coefficient (Wildman–Crippen LogP) is 5.27. The molecule has 0 spiro atoms. The van der Waals surface area contributed by atoms with E-state index in [9.17, 15) is 28.1 Å². The highest BCUT2D eigenvalue weighted by atomic mass is 19.4. The summed E-state index contributed by atoms with van der Waals surface area (Å²) in [6, 6.07) is 14.6. The lowest BCUT2D eigenvalue weighted by atomic mass is 10.1. The minimum Gasteiger partial charge on any atom is -0.493 e. The van der Waals surface area contributed by atoms with Gasteiger partial charge in [0.2, 0.25) is 0 Å². The number of nitrogens with zero attached hydrogens (tertiary/aromatic N) is 4. The summed E-state index contributed by atoms with van der Waals surface area (Å²) in [5.41, 5.74) is -1.26. The number of fused-ring (bicyclic) bond motifs is 1. The Morgan fingerprint density at radius 3 is 2.60 bits per heavy atom. The third-order valence-electron chi connectivity index (χ3n) is 5.02. The zero-order valence-corrected chi connectivity index (χ0v) is 18.2. The van der Waals surface area contributed by atoms with E-state index in [0.29, 0.717) is 0 Å². The third kappa shape index (κ3) is 4.88. The molecule has 0 bridgehead atoms. The number of hydrogen-bond donors (Lipinski definition) is 0. The van der Waals surface area contributed by atoms with E-state index in [1.54, 1.807) is 25.1 Å². The second-order valence-electron chi connectivity index (χ2n) is 7.30. The smallest absolute Gasteiger partial charge is 0.416 e. The second kappa shape index (κ2) is 9.37. The molecule has 4 rings (SSSR count). The van der Waals surface area contributed by atoms with Crippen molar-refractivity contribution in [2.24, 2.45) is 5.10 Å². The number of para-hydroxylation sites is 1. The number of ether oxygens (including phenoxy) is 1. The number of hydrogen-bond acceptors (Lipinski definition) is 6. The Hall–Kier alpha value is -4.54. The Morgan fingerprint density at radius 1 is 1.11 bits per heavy atom. The molecule has 0 unspecified atom stereocenters. The van der Waals surface area contributed by atoms with E-state index < -0.39 is 22.2 Å². The molecule has 0 fully saturated rings. The van der Waals surface area contributed by atoms with Gasteiger partial charge in [-0.05, 0) is 37.3 Å². The van der Waals surface area contributed by atoms with Gasteiger partial charge < -0.3 is 4.74 Å². The van der Waals surface area contributed by atoms with Crippen molar-refractivity contribution in [1.29, 1.82) is 0 Å². The number of aromatic nitrogens is 2. The van der Waals surface area contributed by atoms with Gasteiger partial charge in [0, 0.05) is 23.3 Å². The van der Waals surface area contributed by atoms with Crippen LogP contribution in [0.1, 0.15) is 18.1 Å². The molecular formula is C24H17F3N4O4. The summed E-state index contributed by atoms with van der Waals surface area (Å²) in [6.45, 7) is 2.00. The van der Waals surface area contributed by atoms with Crippen LogP contribution >= 0.6 is 0 Å². The molecular weight excluding hydrogens is 465 g/mol. The monoisotopic (exact) mass is 482 g/mol. The van der Waals surface area contributed by atoms with Crippen LogP contribution in [0.2, 0.25) is 0 Å². The van der Waals surface area contributed by atoms with E-state index in [2.05, 4.69) is 10.1 Å². The SMILES string of the molecule is CCOc1ccc([N+](=O)[O-])cc1C=Nn1c(-c2cccc(C(F)(F)F)c2)nc2ccccc2c1=O. The summed E-state index contributed by atoms with van der Waals surface area (Å²) in [7, 11) is 0. The molecule has 0 saturated heterocycles. The number of non-ortho nitro benzene ring substituents is 1. The first-order valence-corrected chi connectivity index (χ1v) is 10.3. The zero-order valence-electron chi connectivity index (χ0n) is 18.2. The molecule has 1 heterocycles. The largest absolute Gasteiger partial charge is 0.493 e. The average molecular weight is 482 g/mol. The lowest BCUT2D eigenvalue weighted by molar-refractivity contribution is -0.384. The van der Waals surface area contributed by atoms with Gasteiger partial charge in [0.15, 0.2) is 5.82 Å². The Kier molecular flexibility index (Phi) is 6.32. The van der Waals surface area contributed by atoms with E-state index in [1.165, 1.54) is 42.6 Å². The third-order valence-corrected chi connectivity index (χ3v) is 5.02. The standard InChI is InChI=1S/C24H17F3N4O4/c1-2-35-21-11-10-18(31(33)34)13-16(21)14-28-30-22(15-6-5-7-17(12-15)24(25,26)27)29-20-9-4-3-8-19(20)23(30)32/h3-14H,2H2,1H3. The van der Waals surface area contributed by atoms with Crippen molar-refractivity contribution in [3.63, 3.8) is 0 Å². The van der Waals surface area contributed by atoms with Crippen LogP contribution in [-0.2, 0) is 6.18 Å². The fraction of sp³-hybridized carbons (Fsp3) is 0.125. The number of benzene rings is 3. The lowest BCUT2D eigenvalue weighted by Gasteiger charge is -2.12. The number of nitro groups is 1. The number of nitro benzene ring substituents is 1. The van der Waals surface area contributed by atoms with Gasteiger partial charge in [0.05, 0.1) is 34.2 Å². The van der Waals surface area contributed by atoms with Crippen LogP contribution in [0.15, 0.2) is 76.6 Å². The van der Waals surface area contributed by atoms with Gasteiger partial charge in [0.25, 0.3) is 11.2 Å². The van der Waals surface area contributed by atoms with Crippen molar-refractivity contribution in [3.05, 3.63) is 98.3 Å². The summed E-state index contributed by atoms with van der Waals surface area (Å²) < 4.78 is 46.3. The molecule has 0 aliphatic carbocycles. The molecule has 0 amide bonds. The van der Waals surface area contributed by atoms with Crippen molar-refractivity contribution >= 4 is 22.8 Å². The molecule has 1 aromatic heterocycles. The lowest BCUT2D eigenvalue weighted by Crippen LogP contribution is -2.20. The van der Waals surface area contributed by atoms with Gasteiger partial charge in [-0.15, -0.1) is 0 Å². The molecule has 0 atom stereocenters. The molecule has 8 nitrogen and oxygen atoms in total. The predicted molar refractivity (Wildman–Crippen MR) is 124 cm³/mol. The van der Waals surface area contributed by atoms with Crippen molar-refractivity contribution in [2.75, 3.05) is 6.61 Å². The minimum atomic E-state index is -4.60. The molecule has 3 aromatic carbocycles. The first-order chi connectivity index (χ1) is 16.7. The van der Waals surface area contributed by atoms with Crippen LogP contribution in [0.25, 0.3) is 22.3 Å². The Balaban J connectivity index is 1.94. The van der Waals surface area contributed by atoms with E-state index in [-0.39, 0.29) is 45.9 Å². The van der Waals surface area contributed by atoms with Crippen LogP contribution in [-0.4, -0.2) is 27.4 Å². The highest BCUT2D eigenvalue weighted by molar-refractivity contribution is 5.85. The summed E-state index contributed by atoms with van der Waals surface area (Å²) in [5.74, 6) is 0.156. The van der Waals surface area contributed by atoms with Crippen LogP contribution in [0.3, 0.4) is 0 Å². The molecule has 35 heavy (non-hydrogen) atoms. The molecule has 0 radical (unpaired) electrons. The number of rotatable bonds is 6. The van der Waals surface area contributed by atoms with E-state index in [4.69, 9.17) is 4.74 Å². The van der Waals surface area contributed by atoms with Crippen LogP contribution in [0.5, 0.6) is 5.75 Å². The van der Waals surface area contributed by atoms with E-state index >= 15 is 0 Å². The van der Waals surface area contributed by atoms with E-state index in [0.717, 1.165) is 16.8 Å². The van der Waals surface area contributed by atoms with Gasteiger partial charge in [-0.25, -0.2) is 4.98 Å². The van der Waals surface area contributed by atoms with E-state index in [1.807, 2.05) is 0 Å². The maximum absolute atomic E-state index is 13.3. The maximum atomic E-state index is 13.3. The topological polar surface area (TPSA) is 99.6 Å². The van der Waals surface area contributed by atoms with Crippen LogP contribution < -0.4 is 10.3 Å². The first kappa shape index (κ1) is 23.6. The molecule has 4 aromatic rings. The molecule has 178 valence electrons. The summed E-state index contributed by atoms with van der Waals surface area (Å²) >= 11 is 0. The Labute approximate surface area is 196 Å². The molecule has 0 aliphatic rings. The van der Waals surface area contributed by atoms with Crippen molar-refractivity contribution in [3.8, 4) is 17.1 Å². The average Bonchev–Trinajstić information content (AvgIpc) is 2.83. The van der Waals surface area contributed by atoms with Crippen molar-refractivity contribution < 1.29 is 22.8 Å². The number of halogens is 3. The Bertz CT molecular complexity index is 1510. The molecule has 0 aliphatic heterocycles. The highest BCUT2D eigenvalue weighted by Crippen LogP contribution is 2.32. The maximum Gasteiger partial charge on any atom is 0.416 e. The fourth-order valence-electron chi connectivity index (χ4n) is 3.41. The van der Waals surface area contributed by atoms with Crippen LogP contribution in [0.4, 0.5) is 18.9 Å². The van der Waals surface area contributed by atoms with Crippen molar-refractivity contribution in [2.45, 2.75) is 13.1 Å². The summed E-state index contributed by atoms with van der Waals surface area (Å²) in [5, 5.41) is 15.6. The van der Waals surface area contributed by atoms with Crippen molar-refractivity contribution in [1.82, 2.24) is 9.66 Å². The summed E-state index contributed by atoms with van der Waals surface area (Å²) in [6.07, 6.45) is -3.43. The summed E-state index contributed by atoms with van der Waals surface area (Å²) in [4.78, 5) is 28.3. The van der Waals surface area contributed by atoms with Gasteiger partial charge in [0.1, 0.15) is 5.75 Å². The minimum absolute atomic E-state index is 0.0175. The molecule has 11 heteroatoms. The molecule has 0 N–H and O–H groups in total. The zero-order chi connectivity index (χ0) is 25.2. The fourth-order valence-corrected chi connectivity index (χ4v) is 3.41. The Morgan fingerprint density at radius 2 is 1.89 bits per heavy atom. The van der Waals surface area contributed by atoms with Gasteiger partial charge in [-0.2, -0.15) is 22.9 Å². The second-order valence-corrected chi connectivity index (χ2v) is 7.30. The van der Waals surface area contributed by atoms with Crippen LogP contribution in [0, 0.1) is 10.1 Å². The number of alkyl halides is 3. The van der Waals surface area contributed by atoms with Gasteiger partial charge in [-0.3, -0.25) is 14.9 Å². The van der Waals surface area contributed by atoms with Gasteiger partial charge >= 0.3 is 6.18 Å².